The Kier molecular flexibility index (Phi) is 5.25. The summed E-state index contributed by atoms with van der Waals surface area (Å²) in [5, 5.41) is 2.88. The van der Waals surface area contributed by atoms with E-state index in [2.05, 4.69) is 19.2 Å². The van der Waals surface area contributed by atoms with E-state index in [1.54, 1.807) is 7.11 Å². The van der Waals surface area contributed by atoms with E-state index in [0.29, 0.717) is 12.3 Å². The largest absolute Gasteiger partial charge is 0.381 e. The molecule has 1 N–H and O–H groups in total. The molecule has 1 saturated carbocycles. The maximum atomic E-state index is 12.8. The van der Waals surface area contributed by atoms with E-state index < -0.39 is 0 Å². The van der Waals surface area contributed by atoms with Gasteiger partial charge in [0.05, 0.1) is 6.10 Å². The van der Waals surface area contributed by atoms with Crippen molar-refractivity contribution in [3.8, 4) is 0 Å². The van der Waals surface area contributed by atoms with E-state index in [4.69, 9.17) is 4.74 Å². The summed E-state index contributed by atoms with van der Waals surface area (Å²) in [6, 6.07) is -0.606. The number of nitrogens with one attached hydrogen (secondary N) is 1. The van der Waals surface area contributed by atoms with Gasteiger partial charge in [0.25, 0.3) is 0 Å². The number of hydrogen-bond donors (Lipinski definition) is 1. The maximum Gasteiger partial charge on any atom is 0.246 e. The monoisotopic (exact) mass is 296 g/mol. The number of hydrogen-bond acceptors (Lipinski definition) is 3. The lowest BCUT2D eigenvalue weighted by atomic mass is 9.88. The zero-order chi connectivity index (χ0) is 15.6. The van der Waals surface area contributed by atoms with Crippen LogP contribution in [0.5, 0.6) is 0 Å². The van der Waals surface area contributed by atoms with Crippen molar-refractivity contribution in [2.75, 3.05) is 7.11 Å². The molecular formula is C16H28N2O3. The summed E-state index contributed by atoms with van der Waals surface area (Å²) in [6.07, 6.45) is 4.82. The Morgan fingerprint density at radius 1 is 1.33 bits per heavy atom. The van der Waals surface area contributed by atoms with Crippen LogP contribution < -0.4 is 5.32 Å². The van der Waals surface area contributed by atoms with Gasteiger partial charge in [0.1, 0.15) is 12.1 Å². The topological polar surface area (TPSA) is 58.6 Å². The SMILES string of the molecule is COC1CCCC(N2C(=O)C(CC(C)C)NC(=O)C2C)C1. The number of amides is 2. The van der Waals surface area contributed by atoms with Crippen molar-refractivity contribution in [3.05, 3.63) is 0 Å². The van der Waals surface area contributed by atoms with Gasteiger partial charge in [0.15, 0.2) is 0 Å². The van der Waals surface area contributed by atoms with E-state index in [0.717, 1.165) is 25.7 Å². The average Bonchev–Trinajstić information content (AvgIpc) is 2.45. The first-order chi connectivity index (χ1) is 9.93. The predicted molar refractivity (Wildman–Crippen MR) is 80.7 cm³/mol. The summed E-state index contributed by atoms with van der Waals surface area (Å²) in [7, 11) is 1.72. The Morgan fingerprint density at radius 2 is 2.05 bits per heavy atom. The van der Waals surface area contributed by atoms with Crippen molar-refractivity contribution < 1.29 is 14.3 Å². The standard InChI is InChI=1S/C16H28N2O3/c1-10(2)8-14-16(20)18(11(3)15(19)17-14)12-6-5-7-13(9-12)21-4/h10-14H,5-9H2,1-4H3,(H,17,19). The molecule has 0 aromatic rings. The highest BCUT2D eigenvalue weighted by Gasteiger charge is 2.42. The second-order valence-electron chi connectivity index (χ2n) is 6.79. The van der Waals surface area contributed by atoms with Gasteiger partial charge in [-0.3, -0.25) is 9.59 Å². The van der Waals surface area contributed by atoms with E-state index in [9.17, 15) is 9.59 Å². The molecule has 0 radical (unpaired) electrons. The first kappa shape index (κ1) is 16.3. The van der Waals surface area contributed by atoms with Crippen molar-refractivity contribution in [2.45, 2.75) is 77.1 Å². The molecule has 2 aliphatic rings. The highest BCUT2D eigenvalue weighted by molar-refractivity contribution is 5.96. The fourth-order valence-corrected chi connectivity index (χ4v) is 3.57. The molecule has 2 fully saturated rings. The third-order valence-electron chi connectivity index (χ3n) is 4.70. The zero-order valence-corrected chi connectivity index (χ0v) is 13.6. The fraction of sp³-hybridized carbons (Fsp3) is 0.875. The van der Waals surface area contributed by atoms with E-state index in [-0.39, 0.29) is 36.0 Å². The molecule has 2 rings (SSSR count). The Labute approximate surface area is 127 Å². The van der Waals surface area contributed by atoms with Gasteiger partial charge in [0.2, 0.25) is 11.8 Å². The van der Waals surface area contributed by atoms with Crippen molar-refractivity contribution in [3.63, 3.8) is 0 Å². The Morgan fingerprint density at radius 3 is 2.67 bits per heavy atom. The third-order valence-corrected chi connectivity index (χ3v) is 4.70. The minimum atomic E-state index is -0.374. The fourth-order valence-electron chi connectivity index (χ4n) is 3.57. The minimum absolute atomic E-state index is 0.0280. The number of methoxy groups -OCH3 is 1. The maximum absolute atomic E-state index is 12.8. The lowest BCUT2D eigenvalue weighted by molar-refractivity contribution is -0.153. The van der Waals surface area contributed by atoms with Crippen LogP contribution in [0.2, 0.25) is 0 Å². The molecule has 2 amide bonds. The summed E-state index contributed by atoms with van der Waals surface area (Å²) < 4.78 is 5.46. The first-order valence-electron chi connectivity index (χ1n) is 8.09. The summed E-state index contributed by atoms with van der Waals surface area (Å²) in [5.41, 5.74) is 0. The van der Waals surface area contributed by atoms with Crippen LogP contribution in [-0.2, 0) is 14.3 Å². The average molecular weight is 296 g/mol. The molecule has 0 bridgehead atoms. The van der Waals surface area contributed by atoms with Crippen LogP contribution in [0.3, 0.4) is 0 Å². The molecule has 5 nitrogen and oxygen atoms in total. The molecule has 0 aromatic carbocycles. The normalized spacial score (nSPS) is 34.2. The second-order valence-corrected chi connectivity index (χ2v) is 6.79. The van der Waals surface area contributed by atoms with Crippen LogP contribution in [0.25, 0.3) is 0 Å². The van der Waals surface area contributed by atoms with Crippen LogP contribution in [0, 0.1) is 5.92 Å². The molecule has 1 aliphatic heterocycles. The van der Waals surface area contributed by atoms with Gasteiger partial charge in [-0.1, -0.05) is 13.8 Å². The Hall–Kier alpha value is -1.10. The van der Waals surface area contributed by atoms with Gasteiger partial charge in [-0.25, -0.2) is 0 Å². The van der Waals surface area contributed by atoms with E-state index in [1.807, 2.05) is 11.8 Å². The highest BCUT2D eigenvalue weighted by Crippen LogP contribution is 2.29. The molecule has 1 aliphatic carbocycles. The lowest BCUT2D eigenvalue weighted by Gasteiger charge is -2.45. The molecule has 5 heteroatoms. The van der Waals surface area contributed by atoms with E-state index >= 15 is 0 Å². The van der Waals surface area contributed by atoms with Gasteiger partial charge < -0.3 is 15.0 Å². The molecule has 0 spiro atoms. The smallest absolute Gasteiger partial charge is 0.246 e. The van der Waals surface area contributed by atoms with Crippen LogP contribution in [0.15, 0.2) is 0 Å². The first-order valence-corrected chi connectivity index (χ1v) is 8.09. The van der Waals surface area contributed by atoms with Gasteiger partial charge in [-0.2, -0.15) is 0 Å². The van der Waals surface area contributed by atoms with Gasteiger partial charge in [-0.15, -0.1) is 0 Å². The lowest BCUT2D eigenvalue weighted by Crippen LogP contribution is -2.65. The number of nitrogens with zero attached hydrogens (tertiary/aromatic N) is 1. The number of ether oxygens (including phenoxy) is 1. The molecule has 4 atom stereocenters. The molecular weight excluding hydrogens is 268 g/mol. The predicted octanol–water partition coefficient (Wildman–Crippen LogP) is 1.71. The molecule has 1 heterocycles. The molecule has 21 heavy (non-hydrogen) atoms. The second kappa shape index (κ2) is 6.77. The third kappa shape index (κ3) is 3.57. The van der Waals surface area contributed by atoms with Gasteiger partial charge in [0, 0.05) is 13.2 Å². The molecule has 0 aromatic heterocycles. The van der Waals surface area contributed by atoms with Crippen molar-refractivity contribution >= 4 is 11.8 Å². The Balaban J connectivity index is 2.14. The van der Waals surface area contributed by atoms with Crippen LogP contribution >= 0.6 is 0 Å². The number of carbonyl (C=O) groups is 2. The summed E-state index contributed by atoms with van der Waals surface area (Å²) >= 11 is 0. The molecule has 120 valence electrons. The van der Waals surface area contributed by atoms with Crippen molar-refractivity contribution in [1.82, 2.24) is 10.2 Å². The summed E-state index contributed by atoms with van der Waals surface area (Å²) in [5.74, 6) is 0.435. The van der Waals surface area contributed by atoms with Gasteiger partial charge in [-0.05, 0) is 44.9 Å². The molecule has 1 saturated heterocycles. The van der Waals surface area contributed by atoms with E-state index in [1.165, 1.54) is 0 Å². The number of piperazine rings is 1. The van der Waals surface area contributed by atoms with Crippen LogP contribution in [0.1, 0.15) is 52.9 Å². The van der Waals surface area contributed by atoms with Crippen molar-refractivity contribution in [2.24, 2.45) is 5.92 Å². The number of rotatable bonds is 4. The number of carbonyl (C=O) groups excluding carboxylic acids is 2. The van der Waals surface area contributed by atoms with Gasteiger partial charge >= 0.3 is 0 Å². The van der Waals surface area contributed by atoms with Crippen molar-refractivity contribution in [1.29, 1.82) is 0 Å². The quantitative estimate of drug-likeness (QED) is 0.859. The summed E-state index contributed by atoms with van der Waals surface area (Å²) in [4.78, 5) is 26.8. The zero-order valence-electron chi connectivity index (χ0n) is 13.6. The molecule has 4 unspecified atom stereocenters. The summed E-state index contributed by atoms with van der Waals surface area (Å²) in [6.45, 7) is 5.97. The van der Waals surface area contributed by atoms with Crippen LogP contribution in [-0.4, -0.2) is 48.1 Å². The van der Waals surface area contributed by atoms with Crippen LogP contribution in [0.4, 0.5) is 0 Å². The minimum Gasteiger partial charge on any atom is -0.381 e. The highest BCUT2D eigenvalue weighted by atomic mass is 16.5. The Bertz CT molecular complexity index is 397.